The first-order valence-electron chi connectivity index (χ1n) is 7.99. The lowest BCUT2D eigenvalue weighted by Crippen LogP contribution is -2.26. The first kappa shape index (κ1) is 16.4. The molecule has 1 atom stereocenters. The molecule has 0 aliphatic carbocycles. The summed E-state index contributed by atoms with van der Waals surface area (Å²) >= 11 is 6.14. The van der Waals surface area contributed by atoms with E-state index in [1.807, 2.05) is 35.7 Å². The van der Waals surface area contributed by atoms with E-state index in [4.69, 9.17) is 21.1 Å². The summed E-state index contributed by atoms with van der Waals surface area (Å²) in [7, 11) is 0. The number of nitrogens with one attached hydrogen (secondary N) is 1. The maximum atomic E-state index is 12.2. The van der Waals surface area contributed by atoms with Gasteiger partial charge >= 0.3 is 0 Å². The molecule has 8 heteroatoms. The summed E-state index contributed by atoms with van der Waals surface area (Å²) < 4.78 is 12.4. The highest BCUT2D eigenvalue weighted by Gasteiger charge is 2.18. The van der Waals surface area contributed by atoms with Gasteiger partial charge in [-0.25, -0.2) is 0 Å². The molecule has 132 valence electrons. The zero-order valence-electron chi connectivity index (χ0n) is 13.8. The van der Waals surface area contributed by atoms with E-state index in [2.05, 4.69) is 15.5 Å². The van der Waals surface area contributed by atoms with Crippen LogP contribution in [-0.2, 0) is 4.79 Å². The number of hydrogen-bond acceptors (Lipinski definition) is 5. The zero-order valence-corrected chi connectivity index (χ0v) is 14.6. The minimum atomic E-state index is -0.301. The second-order valence-electron chi connectivity index (χ2n) is 5.79. The van der Waals surface area contributed by atoms with E-state index in [0.29, 0.717) is 22.3 Å². The van der Waals surface area contributed by atoms with Gasteiger partial charge < -0.3 is 14.8 Å². The summed E-state index contributed by atoms with van der Waals surface area (Å²) in [4.78, 5) is 12.2. The fraction of sp³-hybridized carbons (Fsp3) is 0.167. The zero-order chi connectivity index (χ0) is 18.1. The molecule has 26 heavy (non-hydrogen) atoms. The summed E-state index contributed by atoms with van der Waals surface area (Å²) in [5, 5.41) is 11.6. The monoisotopic (exact) mass is 370 g/mol. The lowest BCUT2D eigenvalue weighted by molar-refractivity contribution is -0.117. The third kappa shape index (κ3) is 3.09. The summed E-state index contributed by atoms with van der Waals surface area (Å²) in [5.74, 6) is 1.51. The summed E-state index contributed by atoms with van der Waals surface area (Å²) in [6.45, 7) is 2.00. The number of nitrogens with zero attached hydrogens (tertiary/aromatic N) is 3. The minimum absolute atomic E-state index is 0.145. The van der Waals surface area contributed by atoms with Gasteiger partial charge in [-0.3, -0.25) is 9.20 Å². The molecular formula is C18H15ClN4O3. The first-order chi connectivity index (χ1) is 12.6. The van der Waals surface area contributed by atoms with Crippen molar-refractivity contribution in [3.05, 3.63) is 59.0 Å². The topological polar surface area (TPSA) is 77.8 Å². The van der Waals surface area contributed by atoms with Gasteiger partial charge in [0.1, 0.15) is 0 Å². The summed E-state index contributed by atoms with van der Waals surface area (Å²) in [6.07, 6.45) is 4.96. The van der Waals surface area contributed by atoms with Gasteiger partial charge in [0.05, 0.1) is 11.1 Å². The molecule has 1 aromatic carbocycles. The van der Waals surface area contributed by atoms with E-state index in [9.17, 15) is 4.79 Å². The molecule has 0 fully saturated rings. The Labute approximate surface area is 154 Å². The van der Waals surface area contributed by atoms with Crippen LogP contribution in [0, 0.1) is 0 Å². The molecule has 0 spiro atoms. The Morgan fingerprint density at radius 3 is 3.12 bits per heavy atom. The molecule has 4 rings (SSSR count). The summed E-state index contributed by atoms with van der Waals surface area (Å²) in [6, 6.07) is 8.81. The molecule has 1 amide bonds. The minimum Gasteiger partial charge on any atom is -0.454 e. The molecule has 0 radical (unpaired) electrons. The third-order valence-corrected chi connectivity index (χ3v) is 4.24. The second kappa shape index (κ2) is 6.68. The molecular weight excluding hydrogens is 356 g/mol. The van der Waals surface area contributed by atoms with Crippen molar-refractivity contribution in [1.82, 2.24) is 19.9 Å². The van der Waals surface area contributed by atoms with Crippen molar-refractivity contribution in [3.63, 3.8) is 0 Å². The molecule has 0 bridgehead atoms. The average Bonchev–Trinajstić information content (AvgIpc) is 3.27. The van der Waals surface area contributed by atoms with Crippen LogP contribution in [0.5, 0.6) is 11.5 Å². The Morgan fingerprint density at radius 2 is 2.23 bits per heavy atom. The number of carbonyl (C=O) groups is 1. The normalized spacial score (nSPS) is 14.1. The lowest BCUT2D eigenvalue weighted by Gasteiger charge is -2.10. The van der Waals surface area contributed by atoms with Gasteiger partial charge in [-0.2, -0.15) is 0 Å². The molecule has 1 aliphatic rings. The number of rotatable bonds is 4. The second-order valence-corrected chi connectivity index (χ2v) is 6.19. The van der Waals surface area contributed by atoms with Gasteiger partial charge in [-0.05, 0) is 42.8 Å². The maximum absolute atomic E-state index is 12.2. The van der Waals surface area contributed by atoms with Crippen molar-refractivity contribution in [3.8, 4) is 11.5 Å². The van der Waals surface area contributed by atoms with Crippen LogP contribution in [0.15, 0.2) is 42.6 Å². The quantitative estimate of drug-likeness (QED) is 0.714. The van der Waals surface area contributed by atoms with Crippen LogP contribution in [0.1, 0.15) is 24.4 Å². The smallest absolute Gasteiger partial charge is 0.244 e. The Balaban J connectivity index is 1.47. The summed E-state index contributed by atoms with van der Waals surface area (Å²) in [5.41, 5.74) is 1.48. The molecule has 3 heterocycles. The molecule has 7 nitrogen and oxygen atoms in total. The molecule has 2 aromatic heterocycles. The van der Waals surface area contributed by atoms with Crippen LogP contribution >= 0.6 is 11.6 Å². The van der Waals surface area contributed by atoms with Gasteiger partial charge in [0.15, 0.2) is 23.0 Å². The van der Waals surface area contributed by atoms with Crippen LogP contribution < -0.4 is 14.8 Å². The lowest BCUT2D eigenvalue weighted by atomic mass is 10.2. The van der Waals surface area contributed by atoms with Gasteiger partial charge in [-0.15, -0.1) is 10.2 Å². The van der Waals surface area contributed by atoms with Crippen molar-refractivity contribution >= 4 is 29.2 Å². The average molecular weight is 371 g/mol. The standard InChI is InChI=1S/C18H15ClN4O3/c1-11(18-22-21-15-4-2-3-7-23(15)18)20-16(24)6-5-12-8-13(19)17-14(9-12)25-10-26-17/h2-9,11H,10H2,1H3,(H,20,24)/b6-5+. The van der Waals surface area contributed by atoms with Crippen molar-refractivity contribution in [2.75, 3.05) is 6.79 Å². The van der Waals surface area contributed by atoms with Gasteiger partial charge in [-0.1, -0.05) is 17.7 Å². The highest BCUT2D eigenvalue weighted by Crippen LogP contribution is 2.40. The van der Waals surface area contributed by atoms with E-state index in [0.717, 1.165) is 11.2 Å². The number of amides is 1. The number of pyridine rings is 1. The van der Waals surface area contributed by atoms with E-state index >= 15 is 0 Å². The molecule has 3 aromatic rings. The van der Waals surface area contributed by atoms with Crippen LogP contribution in [0.2, 0.25) is 5.02 Å². The van der Waals surface area contributed by atoms with Crippen molar-refractivity contribution < 1.29 is 14.3 Å². The Kier molecular flexibility index (Phi) is 4.22. The SMILES string of the molecule is CC(NC(=O)/C=C/c1cc(Cl)c2c(c1)OCO2)c1nnc2ccccn12. The number of halogens is 1. The number of carbonyl (C=O) groups excluding carboxylic acids is 1. The first-order valence-corrected chi connectivity index (χ1v) is 8.37. The highest BCUT2D eigenvalue weighted by atomic mass is 35.5. The largest absolute Gasteiger partial charge is 0.454 e. The predicted octanol–water partition coefficient (Wildman–Crippen LogP) is 3.00. The Hall–Kier alpha value is -3.06. The Bertz CT molecular complexity index is 1010. The Morgan fingerprint density at radius 1 is 1.35 bits per heavy atom. The van der Waals surface area contributed by atoms with Crippen molar-refractivity contribution in [2.24, 2.45) is 0 Å². The van der Waals surface area contributed by atoms with Crippen LogP contribution in [0.4, 0.5) is 0 Å². The van der Waals surface area contributed by atoms with E-state index in [1.165, 1.54) is 6.08 Å². The van der Waals surface area contributed by atoms with E-state index in [1.54, 1.807) is 18.2 Å². The van der Waals surface area contributed by atoms with Crippen LogP contribution in [-0.4, -0.2) is 27.3 Å². The van der Waals surface area contributed by atoms with Gasteiger partial charge in [0, 0.05) is 12.3 Å². The van der Waals surface area contributed by atoms with Crippen LogP contribution in [0.3, 0.4) is 0 Å². The van der Waals surface area contributed by atoms with Crippen LogP contribution in [0.25, 0.3) is 11.7 Å². The molecule has 1 unspecified atom stereocenters. The highest BCUT2D eigenvalue weighted by molar-refractivity contribution is 6.32. The number of benzene rings is 1. The van der Waals surface area contributed by atoms with Gasteiger partial charge in [0.25, 0.3) is 0 Å². The third-order valence-electron chi connectivity index (χ3n) is 3.96. The molecule has 1 aliphatic heterocycles. The molecule has 0 saturated heterocycles. The fourth-order valence-electron chi connectivity index (χ4n) is 2.74. The fourth-order valence-corrected chi connectivity index (χ4v) is 3.01. The van der Waals surface area contributed by atoms with Gasteiger partial charge in [0.2, 0.25) is 12.7 Å². The van der Waals surface area contributed by atoms with Crippen molar-refractivity contribution in [1.29, 1.82) is 0 Å². The number of ether oxygens (including phenoxy) is 2. The number of aromatic nitrogens is 3. The molecule has 1 N–H and O–H groups in total. The van der Waals surface area contributed by atoms with Crippen molar-refractivity contribution in [2.45, 2.75) is 13.0 Å². The predicted molar refractivity (Wildman–Crippen MR) is 96.2 cm³/mol. The maximum Gasteiger partial charge on any atom is 0.244 e. The van der Waals surface area contributed by atoms with E-state index in [-0.39, 0.29) is 18.7 Å². The van der Waals surface area contributed by atoms with E-state index < -0.39 is 0 Å². The number of hydrogen-bond donors (Lipinski definition) is 1. The number of fused-ring (bicyclic) bond motifs is 2. The molecule has 0 saturated carbocycles.